The van der Waals surface area contributed by atoms with Gasteiger partial charge in [-0.1, -0.05) is 20.8 Å². The number of benzene rings is 1. The summed E-state index contributed by atoms with van der Waals surface area (Å²) in [6.45, 7) is 8.04. The first-order valence-corrected chi connectivity index (χ1v) is 5.77. The van der Waals surface area contributed by atoms with Crippen LogP contribution in [0.2, 0.25) is 0 Å². The molecule has 0 heterocycles. The number of hydrogen-bond donors (Lipinski definition) is 1. The van der Waals surface area contributed by atoms with Crippen LogP contribution in [0, 0.1) is 15.5 Å². The normalized spacial score (nSPS) is 12.9. The van der Waals surface area contributed by atoms with E-state index in [0.29, 0.717) is 5.56 Å². The molecule has 0 radical (unpaired) electrons. The van der Waals surface area contributed by atoms with Crippen molar-refractivity contribution < 1.29 is 9.72 Å². The largest absolute Gasteiger partial charge is 0.349 e. The Labute approximate surface area is 106 Å². The molecule has 1 N–H and O–H groups in total. The number of nitrogens with one attached hydrogen (secondary N) is 1. The lowest BCUT2D eigenvalue weighted by molar-refractivity contribution is -0.384. The highest BCUT2D eigenvalue weighted by atomic mass is 16.6. The van der Waals surface area contributed by atoms with Gasteiger partial charge in [0.1, 0.15) is 0 Å². The molecule has 0 aliphatic carbocycles. The molecule has 0 aliphatic rings. The number of carbonyl (C=O) groups excluding carboxylic acids is 1. The van der Waals surface area contributed by atoms with Crippen LogP contribution in [0.15, 0.2) is 24.3 Å². The summed E-state index contributed by atoms with van der Waals surface area (Å²) < 4.78 is 0. The van der Waals surface area contributed by atoms with Crippen LogP contribution >= 0.6 is 0 Å². The highest BCUT2D eigenvalue weighted by Gasteiger charge is 2.22. The number of nitro benzene ring substituents is 1. The molecule has 5 nitrogen and oxygen atoms in total. The van der Waals surface area contributed by atoms with E-state index >= 15 is 0 Å². The molecule has 0 aromatic heterocycles. The van der Waals surface area contributed by atoms with Gasteiger partial charge in [0.2, 0.25) is 0 Å². The van der Waals surface area contributed by atoms with E-state index in [4.69, 9.17) is 0 Å². The third kappa shape index (κ3) is 3.55. The van der Waals surface area contributed by atoms with Gasteiger partial charge >= 0.3 is 0 Å². The lowest BCUT2D eigenvalue weighted by Gasteiger charge is -2.28. The molecule has 98 valence electrons. The summed E-state index contributed by atoms with van der Waals surface area (Å²) >= 11 is 0. The van der Waals surface area contributed by atoms with Gasteiger partial charge in [-0.15, -0.1) is 0 Å². The fourth-order valence-corrected chi connectivity index (χ4v) is 1.23. The zero-order valence-electron chi connectivity index (χ0n) is 11.1. The number of carbonyl (C=O) groups is 1. The van der Waals surface area contributed by atoms with Crippen molar-refractivity contribution in [2.24, 2.45) is 5.41 Å². The summed E-state index contributed by atoms with van der Waals surface area (Å²) in [5.41, 5.74) is 0.378. The lowest BCUT2D eigenvalue weighted by atomic mass is 9.88. The van der Waals surface area contributed by atoms with Crippen molar-refractivity contribution in [1.82, 2.24) is 5.32 Å². The van der Waals surface area contributed by atoms with Crippen molar-refractivity contribution >= 4 is 11.6 Å². The Morgan fingerprint density at radius 1 is 1.28 bits per heavy atom. The highest BCUT2D eigenvalue weighted by Crippen LogP contribution is 2.19. The molecular weight excluding hydrogens is 232 g/mol. The molecule has 1 aromatic rings. The monoisotopic (exact) mass is 250 g/mol. The number of nitrogens with zero attached hydrogens (tertiary/aromatic N) is 1. The zero-order chi connectivity index (χ0) is 13.9. The minimum Gasteiger partial charge on any atom is -0.349 e. The van der Waals surface area contributed by atoms with Crippen molar-refractivity contribution in [3.05, 3.63) is 39.9 Å². The first-order chi connectivity index (χ1) is 8.21. The summed E-state index contributed by atoms with van der Waals surface area (Å²) in [6.07, 6.45) is 0. The summed E-state index contributed by atoms with van der Waals surface area (Å²) in [7, 11) is 0. The second kappa shape index (κ2) is 5.16. The summed E-state index contributed by atoms with van der Waals surface area (Å²) in [6, 6.07) is 5.60. The third-order valence-electron chi connectivity index (χ3n) is 2.99. The maximum Gasteiger partial charge on any atom is 0.269 e. The van der Waals surface area contributed by atoms with Gasteiger partial charge in [-0.25, -0.2) is 0 Å². The molecule has 0 spiro atoms. The molecule has 0 bridgehead atoms. The average molecular weight is 250 g/mol. The Hall–Kier alpha value is -1.91. The quantitative estimate of drug-likeness (QED) is 0.662. The maximum atomic E-state index is 11.9. The SMILES string of the molecule is C[C@@H](NC(=O)c1ccc([N+](=O)[O-])cc1)C(C)(C)C. The molecule has 1 atom stereocenters. The molecule has 1 aromatic carbocycles. The maximum absolute atomic E-state index is 11.9. The molecule has 0 unspecified atom stereocenters. The Balaban J connectivity index is 2.76. The Morgan fingerprint density at radius 2 is 1.78 bits per heavy atom. The van der Waals surface area contributed by atoms with Gasteiger partial charge in [0, 0.05) is 23.7 Å². The summed E-state index contributed by atoms with van der Waals surface area (Å²) in [5, 5.41) is 13.4. The number of hydrogen-bond acceptors (Lipinski definition) is 3. The number of amides is 1. The van der Waals surface area contributed by atoms with Crippen LogP contribution in [0.25, 0.3) is 0 Å². The van der Waals surface area contributed by atoms with Crippen molar-refractivity contribution in [3.8, 4) is 0 Å². The van der Waals surface area contributed by atoms with Crippen LogP contribution in [0.5, 0.6) is 0 Å². The van der Waals surface area contributed by atoms with E-state index in [1.807, 2.05) is 27.7 Å². The van der Waals surface area contributed by atoms with Gasteiger partial charge in [0.15, 0.2) is 0 Å². The molecule has 0 fully saturated rings. The average Bonchev–Trinajstić information content (AvgIpc) is 2.27. The Bertz CT molecular complexity index is 446. The topological polar surface area (TPSA) is 72.2 Å². The lowest BCUT2D eigenvalue weighted by Crippen LogP contribution is -2.41. The van der Waals surface area contributed by atoms with Crippen molar-refractivity contribution in [3.63, 3.8) is 0 Å². The van der Waals surface area contributed by atoms with Crippen LogP contribution < -0.4 is 5.32 Å². The Morgan fingerprint density at radius 3 is 2.17 bits per heavy atom. The number of nitro groups is 1. The predicted octanol–water partition coefficient (Wildman–Crippen LogP) is 2.76. The summed E-state index contributed by atoms with van der Waals surface area (Å²) in [5.74, 6) is -0.215. The molecule has 1 rings (SSSR count). The van der Waals surface area contributed by atoms with Crippen LogP contribution in [-0.4, -0.2) is 16.9 Å². The van der Waals surface area contributed by atoms with E-state index in [1.54, 1.807) is 0 Å². The van der Waals surface area contributed by atoms with Crippen molar-refractivity contribution in [2.75, 3.05) is 0 Å². The first-order valence-electron chi connectivity index (χ1n) is 5.77. The molecule has 0 aliphatic heterocycles. The van der Waals surface area contributed by atoms with Gasteiger partial charge in [-0.05, 0) is 24.5 Å². The second-order valence-electron chi connectivity index (χ2n) is 5.37. The third-order valence-corrected chi connectivity index (χ3v) is 2.99. The second-order valence-corrected chi connectivity index (χ2v) is 5.37. The molecule has 5 heteroatoms. The van der Waals surface area contributed by atoms with Crippen molar-refractivity contribution in [2.45, 2.75) is 33.7 Å². The number of non-ortho nitro benzene ring substituents is 1. The molecule has 0 saturated carbocycles. The van der Waals surface area contributed by atoms with Crippen LogP contribution in [-0.2, 0) is 0 Å². The van der Waals surface area contributed by atoms with Gasteiger partial charge in [-0.2, -0.15) is 0 Å². The van der Waals surface area contributed by atoms with E-state index in [-0.39, 0.29) is 23.1 Å². The van der Waals surface area contributed by atoms with Crippen LogP contribution in [0.4, 0.5) is 5.69 Å². The van der Waals surface area contributed by atoms with Crippen LogP contribution in [0.3, 0.4) is 0 Å². The predicted molar refractivity (Wildman–Crippen MR) is 69.5 cm³/mol. The summed E-state index contributed by atoms with van der Waals surface area (Å²) in [4.78, 5) is 21.9. The van der Waals surface area contributed by atoms with Gasteiger partial charge in [0.25, 0.3) is 11.6 Å². The van der Waals surface area contributed by atoms with Crippen LogP contribution in [0.1, 0.15) is 38.1 Å². The minimum atomic E-state index is -0.487. The van der Waals surface area contributed by atoms with E-state index in [1.165, 1.54) is 24.3 Å². The van der Waals surface area contributed by atoms with Gasteiger partial charge in [0.05, 0.1) is 4.92 Å². The zero-order valence-corrected chi connectivity index (χ0v) is 11.1. The molecule has 0 saturated heterocycles. The fraction of sp³-hybridized carbons (Fsp3) is 0.462. The van der Waals surface area contributed by atoms with E-state index in [2.05, 4.69) is 5.32 Å². The van der Waals surface area contributed by atoms with Crippen molar-refractivity contribution in [1.29, 1.82) is 0 Å². The number of rotatable bonds is 3. The smallest absolute Gasteiger partial charge is 0.269 e. The molecule has 18 heavy (non-hydrogen) atoms. The Kier molecular flexibility index (Phi) is 4.06. The standard InChI is InChI=1S/C13H18N2O3/c1-9(13(2,3)4)14-12(16)10-5-7-11(8-6-10)15(17)18/h5-9H,1-4H3,(H,14,16)/t9-/m1/s1. The highest BCUT2D eigenvalue weighted by molar-refractivity contribution is 5.94. The molecular formula is C13H18N2O3. The van der Waals surface area contributed by atoms with E-state index in [0.717, 1.165) is 0 Å². The van der Waals surface area contributed by atoms with E-state index < -0.39 is 4.92 Å². The van der Waals surface area contributed by atoms with Gasteiger partial charge < -0.3 is 5.32 Å². The first kappa shape index (κ1) is 14.2. The molecule has 1 amide bonds. The minimum absolute atomic E-state index is 0.0141. The van der Waals surface area contributed by atoms with Gasteiger partial charge in [-0.3, -0.25) is 14.9 Å². The van der Waals surface area contributed by atoms with E-state index in [9.17, 15) is 14.9 Å². The fourth-order valence-electron chi connectivity index (χ4n) is 1.23.